The summed E-state index contributed by atoms with van der Waals surface area (Å²) in [5.74, 6) is 0.951. The molecule has 6 atom stereocenters. The van der Waals surface area contributed by atoms with E-state index in [9.17, 15) is 14.7 Å². The van der Waals surface area contributed by atoms with Gasteiger partial charge in [0.25, 0.3) is 0 Å². The van der Waals surface area contributed by atoms with Gasteiger partial charge < -0.3 is 14.7 Å². The van der Waals surface area contributed by atoms with E-state index in [1.54, 1.807) is 11.8 Å². The van der Waals surface area contributed by atoms with Crippen LogP contribution in [0.1, 0.15) is 87.0 Å². The Hall–Kier alpha value is -0.850. The number of aliphatic hydroxyl groups is 1. The zero-order chi connectivity index (χ0) is 26.4. The molecule has 1 unspecified atom stereocenters. The predicted molar refractivity (Wildman–Crippen MR) is 147 cm³/mol. The summed E-state index contributed by atoms with van der Waals surface area (Å²) in [5.41, 5.74) is -1.42. The lowest BCUT2D eigenvalue weighted by molar-refractivity contribution is -0.180. The quantitative estimate of drug-likeness (QED) is 0.205. The number of aliphatic hydroxyl groups excluding tert-OH is 1. The van der Waals surface area contributed by atoms with Crippen molar-refractivity contribution in [3.05, 3.63) is 12.7 Å². The first-order valence-corrected chi connectivity index (χ1v) is 14.9. The second-order valence-electron chi connectivity index (χ2n) is 11.8. The monoisotopic (exact) mass is 509 g/mol. The van der Waals surface area contributed by atoms with E-state index < -0.39 is 23.0 Å². The van der Waals surface area contributed by atoms with Crippen molar-refractivity contribution in [3.8, 4) is 0 Å². The molecule has 0 heterocycles. The number of rotatable bonds is 12. The molecule has 35 heavy (non-hydrogen) atoms. The van der Waals surface area contributed by atoms with Gasteiger partial charge in [0.1, 0.15) is 11.9 Å². The number of nitrogens with zero attached hydrogens (tertiary/aromatic N) is 1. The summed E-state index contributed by atoms with van der Waals surface area (Å²) in [6.07, 6.45) is 5.53. The Morgan fingerprint density at radius 3 is 2.49 bits per heavy atom. The lowest BCUT2D eigenvalue weighted by Crippen LogP contribution is -2.58. The van der Waals surface area contributed by atoms with E-state index in [4.69, 9.17) is 4.74 Å². The number of hydrogen-bond donors (Lipinski definition) is 1. The maximum Gasteiger partial charge on any atom is 0.316 e. The molecular formula is C29H51NO4S. The van der Waals surface area contributed by atoms with Crippen LogP contribution in [0.15, 0.2) is 12.7 Å². The van der Waals surface area contributed by atoms with Crippen LogP contribution in [0.3, 0.4) is 0 Å². The van der Waals surface area contributed by atoms with E-state index in [0.717, 1.165) is 51.1 Å². The fourth-order valence-electron chi connectivity index (χ4n) is 6.95. The number of carbonyl (C=O) groups is 2. The van der Waals surface area contributed by atoms with Gasteiger partial charge in [0.15, 0.2) is 0 Å². The number of esters is 1. The number of hydrogen-bond acceptors (Lipinski definition) is 6. The van der Waals surface area contributed by atoms with E-state index in [1.165, 1.54) is 0 Å². The van der Waals surface area contributed by atoms with Crippen molar-refractivity contribution >= 4 is 23.5 Å². The summed E-state index contributed by atoms with van der Waals surface area (Å²) in [4.78, 5) is 28.8. The third-order valence-corrected chi connectivity index (χ3v) is 10.3. The summed E-state index contributed by atoms with van der Waals surface area (Å²) in [6.45, 7) is 21.9. The van der Waals surface area contributed by atoms with Crippen LogP contribution in [-0.4, -0.2) is 65.1 Å². The predicted octanol–water partition coefficient (Wildman–Crippen LogP) is 5.75. The number of ketones is 1. The molecule has 2 fully saturated rings. The number of carbonyl (C=O) groups excluding carboxylic acids is 2. The molecule has 2 rings (SSSR count). The zero-order valence-corrected chi connectivity index (χ0v) is 24.2. The van der Waals surface area contributed by atoms with Gasteiger partial charge in [-0.15, -0.1) is 18.3 Å². The summed E-state index contributed by atoms with van der Waals surface area (Å²) in [7, 11) is 0. The van der Waals surface area contributed by atoms with E-state index in [-0.39, 0.29) is 29.0 Å². The Kier molecular flexibility index (Phi) is 10.9. The van der Waals surface area contributed by atoms with Gasteiger partial charge in [-0.1, -0.05) is 67.4 Å². The molecule has 0 aromatic rings. The fourth-order valence-corrected chi connectivity index (χ4v) is 7.71. The second kappa shape index (κ2) is 12.6. The molecule has 5 nitrogen and oxygen atoms in total. The number of thioether (sulfide) groups is 1. The third-order valence-electron chi connectivity index (χ3n) is 9.39. The van der Waals surface area contributed by atoms with Crippen LogP contribution >= 0.6 is 11.8 Å². The van der Waals surface area contributed by atoms with Gasteiger partial charge in [-0.25, -0.2) is 0 Å². The fraction of sp³-hybridized carbons (Fsp3) is 0.862. The van der Waals surface area contributed by atoms with E-state index >= 15 is 0 Å². The number of Topliss-reactive ketones (excluding diaryl/α,β-unsaturated/α-hetero) is 1. The second-order valence-corrected chi connectivity index (χ2v) is 12.9. The molecule has 0 bridgehead atoms. The van der Waals surface area contributed by atoms with Gasteiger partial charge in [0.05, 0.1) is 11.9 Å². The first-order valence-electron chi connectivity index (χ1n) is 13.8. The minimum atomic E-state index is -0.647. The minimum Gasteiger partial charge on any atom is -0.461 e. The minimum absolute atomic E-state index is 0.0416. The molecule has 6 heteroatoms. The highest BCUT2D eigenvalue weighted by atomic mass is 32.2. The van der Waals surface area contributed by atoms with Crippen molar-refractivity contribution in [1.29, 1.82) is 0 Å². The lowest BCUT2D eigenvalue weighted by Gasteiger charge is -2.56. The molecule has 2 aliphatic carbocycles. The maximum atomic E-state index is 13.5. The molecule has 1 N–H and O–H groups in total. The lowest BCUT2D eigenvalue weighted by atomic mass is 9.50. The Morgan fingerprint density at radius 1 is 1.26 bits per heavy atom. The zero-order valence-electron chi connectivity index (χ0n) is 23.4. The van der Waals surface area contributed by atoms with Crippen LogP contribution in [0, 0.1) is 28.1 Å². The molecule has 0 aliphatic heterocycles. The first kappa shape index (κ1) is 30.4. The molecule has 2 aliphatic rings. The molecule has 0 spiro atoms. The average molecular weight is 510 g/mol. The van der Waals surface area contributed by atoms with Gasteiger partial charge in [-0.05, 0) is 43.7 Å². The molecule has 2 saturated carbocycles. The molecule has 0 saturated heterocycles. The molecule has 0 aromatic carbocycles. The topological polar surface area (TPSA) is 66.8 Å². The van der Waals surface area contributed by atoms with Crippen molar-refractivity contribution in [2.24, 2.45) is 28.1 Å². The van der Waals surface area contributed by atoms with Gasteiger partial charge in [-0.3, -0.25) is 9.59 Å². The Morgan fingerprint density at radius 2 is 1.91 bits per heavy atom. The highest BCUT2D eigenvalue weighted by molar-refractivity contribution is 7.99. The van der Waals surface area contributed by atoms with Crippen molar-refractivity contribution in [2.75, 3.05) is 31.1 Å². The van der Waals surface area contributed by atoms with E-state index in [1.807, 2.05) is 13.0 Å². The molecule has 202 valence electrons. The van der Waals surface area contributed by atoms with Gasteiger partial charge in [-0.2, -0.15) is 0 Å². The van der Waals surface area contributed by atoms with Crippen LogP contribution in [0.25, 0.3) is 0 Å². The Bertz CT molecular complexity index is 736. The molecule has 0 amide bonds. The van der Waals surface area contributed by atoms with Crippen molar-refractivity contribution in [2.45, 2.75) is 99.2 Å². The number of unbranched alkanes of at least 4 members (excludes halogenated alkanes) is 1. The molecule has 0 radical (unpaired) electrons. The van der Waals surface area contributed by atoms with Gasteiger partial charge >= 0.3 is 5.97 Å². The van der Waals surface area contributed by atoms with Gasteiger partial charge in [0, 0.05) is 35.5 Å². The summed E-state index contributed by atoms with van der Waals surface area (Å²) >= 11 is 1.60. The van der Waals surface area contributed by atoms with Crippen LogP contribution in [0.2, 0.25) is 0 Å². The summed E-state index contributed by atoms with van der Waals surface area (Å²) in [6, 6.07) is 0. The standard InChI is InChI=1S/C29H51NO4S/c1-9-13-15-29-16-14-22(31)25(29)27(6,7)23(19-28(8,10-2)26(33)21(29)5)34-24(32)20-35-18-17-30(11-3)12-4/h10,21,23,25-26,33H,2,9,11-20H2,1,3-8H3/t21-,23+,25?,26-,28+,29-/m0/s1. The molecule has 0 aromatic heterocycles. The highest BCUT2D eigenvalue weighted by Crippen LogP contribution is 2.62. The van der Waals surface area contributed by atoms with Crippen molar-refractivity contribution in [1.82, 2.24) is 4.90 Å². The average Bonchev–Trinajstić information content (AvgIpc) is 3.18. The van der Waals surface area contributed by atoms with Crippen LogP contribution in [0.4, 0.5) is 0 Å². The van der Waals surface area contributed by atoms with E-state index in [2.05, 4.69) is 53.0 Å². The maximum absolute atomic E-state index is 13.5. The molecular weight excluding hydrogens is 458 g/mol. The summed E-state index contributed by atoms with van der Waals surface area (Å²) < 4.78 is 6.20. The Labute approximate surface area is 218 Å². The van der Waals surface area contributed by atoms with Crippen LogP contribution in [0.5, 0.6) is 0 Å². The van der Waals surface area contributed by atoms with E-state index in [0.29, 0.717) is 18.6 Å². The normalized spacial score (nSPS) is 34.8. The Balaban J connectivity index is 2.33. The third kappa shape index (κ3) is 6.35. The van der Waals surface area contributed by atoms with Crippen molar-refractivity contribution < 1.29 is 19.4 Å². The highest BCUT2D eigenvalue weighted by Gasteiger charge is 2.63. The smallest absolute Gasteiger partial charge is 0.316 e. The van der Waals surface area contributed by atoms with Crippen LogP contribution < -0.4 is 0 Å². The number of fused-ring (bicyclic) bond motifs is 1. The SMILES string of the molecule is C=C[C@]1(C)C[C@@H](OC(=O)CSCCN(CC)CC)C(C)(C)C2C(=O)CC[C@@]2(CCCC)[C@@H](C)[C@@H]1O. The summed E-state index contributed by atoms with van der Waals surface area (Å²) in [5, 5.41) is 11.7. The largest absolute Gasteiger partial charge is 0.461 e. The number of ether oxygens (including phenoxy) is 1. The van der Waals surface area contributed by atoms with Gasteiger partial charge in [0.2, 0.25) is 0 Å². The van der Waals surface area contributed by atoms with Crippen LogP contribution in [-0.2, 0) is 14.3 Å². The first-order chi connectivity index (χ1) is 16.4. The van der Waals surface area contributed by atoms with Crippen molar-refractivity contribution in [3.63, 3.8) is 0 Å².